The van der Waals surface area contributed by atoms with E-state index in [-0.39, 0.29) is 5.69 Å². The fourth-order valence-corrected chi connectivity index (χ4v) is 2.80. The third kappa shape index (κ3) is 2.74. The van der Waals surface area contributed by atoms with E-state index in [9.17, 15) is 4.79 Å². The molecular formula is C19H15N5O. The minimum atomic E-state index is -0.545. The molecule has 0 aliphatic carbocycles. The minimum absolute atomic E-state index is 0.243. The van der Waals surface area contributed by atoms with Gasteiger partial charge < -0.3 is 5.73 Å². The number of nitrogens with two attached hydrogens (primary N) is 1. The average Bonchev–Trinajstić information content (AvgIpc) is 3.07. The van der Waals surface area contributed by atoms with E-state index in [0.717, 1.165) is 27.6 Å². The van der Waals surface area contributed by atoms with Crippen molar-refractivity contribution in [3.63, 3.8) is 0 Å². The van der Waals surface area contributed by atoms with Gasteiger partial charge in [-0.05, 0) is 23.3 Å². The molecule has 3 aromatic heterocycles. The molecule has 0 radical (unpaired) electrons. The normalized spacial score (nSPS) is 10.9. The van der Waals surface area contributed by atoms with Gasteiger partial charge in [0.2, 0.25) is 0 Å². The van der Waals surface area contributed by atoms with Crippen molar-refractivity contribution in [2.24, 2.45) is 12.8 Å². The fraction of sp³-hybridized carbons (Fsp3) is 0.0526. The maximum absolute atomic E-state index is 11.4. The van der Waals surface area contributed by atoms with Crippen LogP contribution in [0.1, 0.15) is 10.5 Å². The summed E-state index contributed by atoms with van der Waals surface area (Å²) in [7, 11) is 1.89. The largest absolute Gasteiger partial charge is 0.364 e. The molecule has 4 aromatic rings. The van der Waals surface area contributed by atoms with Gasteiger partial charge in [-0.3, -0.25) is 14.5 Å². The van der Waals surface area contributed by atoms with E-state index in [1.807, 2.05) is 49.8 Å². The molecule has 2 N–H and O–H groups in total. The van der Waals surface area contributed by atoms with Crippen LogP contribution in [0.3, 0.4) is 0 Å². The third-order valence-corrected chi connectivity index (χ3v) is 4.09. The number of primary amides is 1. The maximum atomic E-state index is 11.4. The summed E-state index contributed by atoms with van der Waals surface area (Å²) in [6, 6.07) is 11.5. The molecule has 122 valence electrons. The van der Waals surface area contributed by atoms with E-state index < -0.39 is 5.91 Å². The molecule has 6 heteroatoms. The molecule has 0 atom stereocenters. The monoisotopic (exact) mass is 329 g/mol. The van der Waals surface area contributed by atoms with E-state index in [4.69, 9.17) is 5.73 Å². The number of rotatable bonds is 3. The van der Waals surface area contributed by atoms with Crippen molar-refractivity contribution in [1.82, 2.24) is 19.7 Å². The predicted octanol–water partition coefficient (Wildman–Crippen LogP) is 2.80. The number of nitrogens with zero attached hydrogens (tertiary/aromatic N) is 4. The molecule has 6 nitrogen and oxygen atoms in total. The van der Waals surface area contributed by atoms with Crippen LogP contribution < -0.4 is 5.73 Å². The van der Waals surface area contributed by atoms with Crippen molar-refractivity contribution in [3.8, 4) is 22.3 Å². The van der Waals surface area contributed by atoms with Gasteiger partial charge in [-0.1, -0.05) is 24.3 Å². The number of pyridine rings is 2. The molecule has 0 spiro atoms. The molecule has 0 aliphatic rings. The highest BCUT2D eigenvalue weighted by Crippen LogP contribution is 2.28. The first kappa shape index (κ1) is 15.0. The second kappa shape index (κ2) is 5.83. The van der Waals surface area contributed by atoms with E-state index in [0.29, 0.717) is 5.52 Å². The summed E-state index contributed by atoms with van der Waals surface area (Å²) in [5.74, 6) is -0.545. The summed E-state index contributed by atoms with van der Waals surface area (Å²) >= 11 is 0. The fourth-order valence-electron chi connectivity index (χ4n) is 2.80. The summed E-state index contributed by atoms with van der Waals surface area (Å²) in [5, 5.41) is 5.05. The predicted molar refractivity (Wildman–Crippen MR) is 95.7 cm³/mol. The number of aryl methyl sites for hydroxylation is 1. The SMILES string of the molecule is Cn1cc(-c2ccc(-c3cncc4ccc(C(N)=O)nc34)cc2)cn1. The Labute approximate surface area is 144 Å². The third-order valence-electron chi connectivity index (χ3n) is 4.09. The smallest absolute Gasteiger partial charge is 0.267 e. The number of fused-ring (bicyclic) bond motifs is 1. The van der Waals surface area contributed by atoms with Crippen LogP contribution in [0, 0.1) is 0 Å². The van der Waals surface area contributed by atoms with Crippen LogP contribution in [0.2, 0.25) is 0 Å². The number of hydrogen-bond acceptors (Lipinski definition) is 4. The number of benzene rings is 1. The van der Waals surface area contributed by atoms with Crippen LogP contribution in [0.15, 0.2) is 61.2 Å². The van der Waals surface area contributed by atoms with Gasteiger partial charge >= 0.3 is 0 Å². The second-order valence-corrected chi connectivity index (χ2v) is 5.80. The van der Waals surface area contributed by atoms with Crippen LogP contribution >= 0.6 is 0 Å². The Bertz CT molecular complexity index is 1080. The molecule has 0 fully saturated rings. The van der Waals surface area contributed by atoms with Gasteiger partial charge in [0.15, 0.2) is 0 Å². The second-order valence-electron chi connectivity index (χ2n) is 5.80. The summed E-state index contributed by atoms with van der Waals surface area (Å²) < 4.78 is 1.77. The highest BCUT2D eigenvalue weighted by atomic mass is 16.1. The molecule has 0 saturated carbocycles. The lowest BCUT2D eigenvalue weighted by Crippen LogP contribution is -2.12. The van der Waals surface area contributed by atoms with Crippen LogP contribution in [-0.4, -0.2) is 25.7 Å². The zero-order valence-corrected chi connectivity index (χ0v) is 13.5. The summed E-state index contributed by atoms with van der Waals surface area (Å²) in [4.78, 5) is 20.1. The Kier molecular flexibility index (Phi) is 3.50. The molecule has 0 aliphatic heterocycles. The first-order valence-electron chi connectivity index (χ1n) is 7.76. The van der Waals surface area contributed by atoms with Crippen molar-refractivity contribution >= 4 is 16.8 Å². The molecule has 4 rings (SSSR count). The van der Waals surface area contributed by atoms with Gasteiger partial charge in [-0.2, -0.15) is 5.10 Å². The molecule has 0 bridgehead atoms. The Morgan fingerprint density at radius 1 is 0.960 bits per heavy atom. The zero-order chi connectivity index (χ0) is 17.4. The molecule has 3 heterocycles. The quantitative estimate of drug-likeness (QED) is 0.626. The van der Waals surface area contributed by atoms with Gasteiger partial charge in [-0.15, -0.1) is 0 Å². The van der Waals surface area contributed by atoms with Crippen LogP contribution in [0.4, 0.5) is 0 Å². The molecule has 0 unspecified atom stereocenters. The highest BCUT2D eigenvalue weighted by molar-refractivity contribution is 5.97. The lowest BCUT2D eigenvalue weighted by atomic mass is 10.0. The molecule has 1 aromatic carbocycles. The topological polar surface area (TPSA) is 86.7 Å². The van der Waals surface area contributed by atoms with Gasteiger partial charge in [0.25, 0.3) is 5.91 Å². The number of aromatic nitrogens is 4. The first-order valence-corrected chi connectivity index (χ1v) is 7.76. The molecular weight excluding hydrogens is 314 g/mol. The van der Waals surface area contributed by atoms with E-state index in [1.165, 1.54) is 0 Å². The molecule has 0 saturated heterocycles. The number of amides is 1. The van der Waals surface area contributed by atoms with Crippen LogP contribution in [0.5, 0.6) is 0 Å². The lowest BCUT2D eigenvalue weighted by molar-refractivity contribution is 0.0996. The molecule has 25 heavy (non-hydrogen) atoms. The summed E-state index contributed by atoms with van der Waals surface area (Å²) in [6.45, 7) is 0. The number of carbonyl (C=O) groups is 1. The first-order chi connectivity index (χ1) is 12.1. The van der Waals surface area contributed by atoms with Gasteiger partial charge in [0, 0.05) is 42.2 Å². The van der Waals surface area contributed by atoms with Crippen molar-refractivity contribution in [1.29, 1.82) is 0 Å². The van der Waals surface area contributed by atoms with E-state index >= 15 is 0 Å². The maximum Gasteiger partial charge on any atom is 0.267 e. The van der Waals surface area contributed by atoms with E-state index in [2.05, 4.69) is 15.1 Å². The van der Waals surface area contributed by atoms with Crippen LogP contribution in [-0.2, 0) is 7.05 Å². The van der Waals surface area contributed by atoms with Gasteiger partial charge in [0.05, 0.1) is 11.7 Å². The van der Waals surface area contributed by atoms with Crippen molar-refractivity contribution in [2.45, 2.75) is 0 Å². The number of carbonyl (C=O) groups excluding carboxylic acids is 1. The standard InChI is InChI=1S/C19H15N5O/c1-24-11-15(9-22-24)12-2-4-13(5-3-12)16-10-21-8-14-6-7-17(19(20)25)23-18(14)16/h2-11H,1H3,(H2,20,25). The lowest BCUT2D eigenvalue weighted by Gasteiger charge is -2.07. The Balaban J connectivity index is 1.81. The van der Waals surface area contributed by atoms with Crippen molar-refractivity contribution < 1.29 is 4.79 Å². The Morgan fingerprint density at radius 2 is 1.72 bits per heavy atom. The average molecular weight is 329 g/mol. The van der Waals surface area contributed by atoms with Crippen LogP contribution in [0.25, 0.3) is 33.2 Å². The molecule has 1 amide bonds. The summed E-state index contributed by atoms with van der Waals surface area (Å²) in [5.41, 5.74) is 10.3. The Hall–Kier alpha value is -3.54. The van der Waals surface area contributed by atoms with Crippen molar-refractivity contribution in [2.75, 3.05) is 0 Å². The number of hydrogen-bond donors (Lipinski definition) is 1. The zero-order valence-electron chi connectivity index (χ0n) is 13.5. The Morgan fingerprint density at radius 3 is 2.40 bits per heavy atom. The van der Waals surface area contributed by atoms with Crippen molar-refractivity contribution in [3.05, 3.63) is 66.9 Å². The highest BCUT2D eigenvalue weighted by Gasteiger charge is 2.10. The van der Waals surface area contributed by atoms with Gasteiger partial charge in [-0.25, -0.2) is 4.98 Å². The minimum Gasteiger partial charge on any atom is -0.364 e. The summed E-state index contributed by atoms with van der Waals surface area (Å²) in [6.07, 6.45) is 7.27. The van der Waals surface area contributed by atoms with Gasteiger partial charge in [0.1, 0.15) is 5.69 Å². The van der Waals surface area contributed by atoms with E-state index in [1.54, 1.807) is 23.1 Å².